The standard InChI is InChI=1S/C19H21N3O3/c1-5-21-13(3)9-15(14(21)4)17(23)11-25-19(24)16-10-22-12(2)7-6-8-18(22)20-16/h6-10H,5,11H2,1-4H3. The van der Waals surface area contributed by atoms with E-state index in [-0.39, 0.29) is 18.1 Å². The molecular weight excluding hydrogens is 318 g/mol. The zero-order chi connectivity index (χ0) is 18.1. The first-order valence-corrected chi connectivity index (χ1v) is 8.24. The number of fused-ring (bicyclic) bond motifs is 1. The van der Waals surface area contributed by atoms with Crippen LogP contribution < -0.4 is 0 Å². The summed E-state index contributed by atoms with van der Waals surface area (Å²) >= 11 is 0. The summed E-state index contributed by atoms with van der Waals surface area (Å²) in [7, 11) is 0. The van der Waals surface area contributed by atoms with Crippen LogP contribution in [0.3, 0.4) is 0 Å². The molecule has 0 aliphatic heterocycles. The monoisotopic (exact) mass is 339 g/mol. The van der Waals surface area contributed by atoms with Gasteiger partial charge in [-0.25, -0.2) is 9.78 Å². The Hall–Kier alpha value is -2.89. The van der Waals surface area contributed by atoms with Crippen LogP contribution in [0.15, 0.2) is 30.5 Å². The van der Waals surface area contributed by atoms with Crippen LogP contribution in [0.4, 0.5) is 0 Å². The molecule has 3 aromatic rings. The van der Waals surface area contributed by atoms with Crippen LogP contribution in [0, 0.1) is 20.8 Å². The molecule has 0 unspecified atom stereocenters. The fourth-order valence-corrected chi connectivity index (χ4v) is 3.10. The molecule has 0 saturated heterocycles. The van der Waals surface area contributed by atoms with Crippen LogP contribution >= 0.6 is 0 Å². The van der Waals surface area contributed by atoms with Crippen molar-refractivity contribution in [2.24, 2.45) is 0 Å². The molecule has 25 heavy (non-hydrogen) atoms. The number of esters is 1. The van der Waals surface area contributed by atoms with E-state index in [9.17, 15) is 9.59 Å². The molecule has 3 heterocycles. The van der Waals surface area contributed by atoms with E-state index in [1.165, 1.54) is 0 Å². The maximum atomic E-state index is 12.4. The zero-order valence-corrected chi connectivity index (χ0v) is 14.9. The van der Waals surface area contributed by atoms with Crippen molar-refractivity contribution < 1.29 is 14.3 Å². The van der Waals surface area contributed by atoms with Crippen molar-refractivity contribution in [2.45, 2.75) is 34.2 Å². The molecule has 0 amide bonds. The molecule has 0 aromatic carbocycles. The number of hydrogen-bond donors (Lipinski definition) is 0. The van der Waals surface area contributed by atoms with Gasteiger partial charge in [0.15, 0.2) is 12.3 Å². The van der Waals surface area contributed by atoms with Crippen LogP contribution in [0.5, 0.6) is 0 Å². The van der Waals surface area contributed by atoms with Crippen LogP contribution in [0.2, 0.25) is 0 Å². The molecule has 0 aliphatic carbocycles. The summed E-state index contributed by atoms with van der Waals surface area (Å²) < 4.78 is 9.05. The van der Waals surface area contributed by atoms with Gasteiger partial charge in [0.1, 0.15) is 5.65 Å². The third-order valence-corrected chi connectivity index (χ3v) is 4.43. The van der Waals surface area contributed by atoms with Gasteiger partial charge in [0.2, 0.25) is 5.78 Å². The van der Waals surface area contributed by atoms with Crippen molar-refractivity contribution in [1.29, 1.82) is 0 Å². The Morgan fingerprint density at radius 1 is 1.16 bits per heavy atom. The summed E-state index contributed by atoms with van der Waals surface area (Å²) in [6.45, 7) is 8.32. The summed E-state index contributed by atoms with van der Waals surface area (Å²) in [6, 6.07) is 7.45. The molecule has 3 aromatic heterocycles. The maximum absolute atomic E-state index is 12.4. The molecule has 0 aliphatic rings. The predicted octanol–water partition coefficient (Wildman–Crippen LogP) is 3.12. The van der Waals surface area contributed by atoms with Gasteiger partial charge in [0, 0.05) is 35.4 Å². The van der Waals surface area contributed by atoms with Crippen molar-refractivity contribution in [1.82, 2.24) is 14.0 Å². The van der Waals surface area contributed by atoms with Gasteiger partial charge < -0.3 is 13.7 Å². The third kappa shape index (κ3) is 3.07. The molecule has 0 fully saturated rings. The van der Waals surface area contributed by atoms with E-state index >= 15 is 0 Å². The highest BCUT2D eigenvalue weighted by Gasteiger charge is 2.19. The predicted molar refractivity (Wildman–Crippen MR) is 94.1 cm³/mol. The lowest BCUT2D eigenvalue weighted by molar-refractivity contribution is 0.0469. The average molecular weight is 339 g/mol. The average Bonchev–Trinajstić information content (AvgIpc) is 3.14. The van der Waals surface area contributed by atoms with Crippen molar-refractivity contribution in [3.63, 3.8) is 0 Å². The Bertz CT molecular complexity index is 966. The fraction of sp³-hybridized carbons (Fsp3) is 0.316. The van der Waals surface area contributed by atoms with Gasteiger partial charge in [0.05, 0.1) is 0 Å². The van der Waals surface area contributed by atoms with Gasteiger partial charge in [-0.15, -0.1) is 0 Å². The Balaban J connectivity index is 1.73. The normalized spacial score (nSPS) is 11.0. The highest BCUT2D eigenvalue weighted by atomic mass is 16.5. The quantitative estimate of drug-likeness (QED) is 0.529. The number of Topliss-reactive ketones (excluding diaryl/α,β-unsaturated/α-hetero) is 1. The molecule has 6 nitrogen and oxygen atoms in total. The van der Waals surface area contributed by atoms with Gasteiger partial charge in [-0.3, -0.25) is 4.79 Å². The molecule has 0 saturated carbocycles. The van der Waals surface area contributed by atoms with E-state index in [1.54, 1.807) is 6.20 Å². The summed E-state index contributed by atoms with van der Waals surface area (Å²) in [6.07, 6.45) is 1.63. The van der Waals surface area contributed by atoms with E-state index < -0.39 is 5.97 Å². The van der Waals surface area contributed by atoms with Crippen LogP contribution in [-0.2, 0) is 11.3 Å². The molecule has 0 bridgehead atoms. The number of imidazole rings is 1. The Morgan fingerprint density at radius 2 is 1.92 bits per heavy atom. The fourth-order valence-electron chi connectivity index (χ4n) is 3.10. The minimum Gasteiger partial charge on any atom is -0.453 e. The highest BCUT2D eigenvalue weighted by molar-refractivity contribution is 6.00. The van der Waals surface area contributed by atoms with Gasteiger partial charge in [-0.05, 0) is 45.9 Å². The number of carbonyl (C=O) groups is 2. The second kappa shape index (κ2) is 6.55. The number of ketones is 1. The Kier molecular flexibility index (Phi) is 4.44. The Morgan fingerprint density at radius 3 is 2.56 bits per heavy atom. The first-order valence-electron chi connectivity index (χ1n) is 8.24. The van der Waals surface area contributed by atoms with Crippen molar-refractivity contribution in [2.75, 3.05) is 6.61 Å². The lowest BCUT2D eigenvalue weighted by atomic mass is 10.1. The number of aromatic nitrogens is 3. The van der Waals surface area contributed by atoms with Crippen LogP contribution in [0.25, 0.3) is 5.65 Å². The van der Waals surface area contributed by atoms with E-state index in [1.807, 2.05) is 56.4 Å². The number of aryl methyl sites for hydroxylation is 2. The first-order chi connectivity index (χ1) is 11.9. The van der Waals surface area contributed by atoms with Gasteiger partial charge >= 0.3 is 5.97 Å². The SMILES string of the molecule is CCn1c(C)cc(C(=O)COC(=O)c2cn3c(C)cccc3n2)c1C. The first kappa shape index (κ1) is 17.0. The van der Waals surface area contributed by atoms with Crippen molar-refractivity contribution >= 4 is 17.4 Å². The largest absolute Gasteiger partial charge is 0.453 e. The molecule has 3 rings (SSSR count). The summed E-state index contributed by atoms with van der Waals surface area (Å²) in [5, 5.41) is 0. The topological polar surface area (TPSA) is 65.6 Å². The number of pyridine rings is 1. The van der Waals surface area contributed by atoms with E-state index in [2.05, 4.69) is 9.55 Å². The van der Waals surface area contributed by atoms with Crippen molar-refractivity contribution in [3.8, 4) is 0 Å². The number of rotatable bonds is 5. The van der Waals surface area contributed by atoms with Gasteiger partial charge in [0.25, 0.3) is 0 Å². The summed E-state index contributed by atoms with van der Waals surface area (Å²) in [5.41, 5.74) is 4.34. The molecule has 0 N–H and O–H groups in total. The maximum Gasteiger partial charge on any atom is 0.359 e. The third-order valence-electron chi connectivity index (χ3n) is 4.43. The molecule has 0 spiro atoms. The lowest BCUT2D eigenvalue weighted by Gasteiger charge is -2.06. The summed E-state index contributed by atoms with van der Waals surface area (Å²) in [4.78, 5) is 28.9. The van der Waals surface area contributed by atoms with Gasteiger partial charge in [-0.1, -0.05) is 6.07 Å². The van der Waals surface area contributed by atoms with Crippen LogP contribution in [0.1, 0.15) is 44.9 Å². The molecule has 0 radical (unpaired) electrons. The van der Waals surface area contributed by atoms with E-state index in [0.29, 0.717) is 11.2 Å². The number of ether oxygens (including phenoxy) is 1. The number of nitrogens with zero attached hydrogens (tertiary/aromatic N) is 3. The molecule has 6 heteroatoms. The minimum absolute atomic E-state index is 0.195. The number of hydrogen-bond acceptors (Lipinski definition) is 4. The van der Waals surface area contributed by atoms with Gasteiger partial charge in [-0.2, -0.15) is 0 Å². The zero-order valence-electron chi connectivity index (χ0n) is 14.9. The van der Waals surface area contributed by atoms with Crippen molar-refractivity contribution in [3.05, 3.63) is 58.8 Å². The second-order valence-corrected chi connectivity index (χ2v) is 6.05. The molecular formula is C19H21N3O3. The molecule has 0 atom stereocenters. The number of carbonyl (C=O) groups excluding carboxylic acids is 2. The second-order valence-electron chi connectivity index (χ2n) is 6.05. The molecule has 130 valence electrons. The van der Waals surface area contributed by atoms with Crippen LogP contribution in [-0.4, -0.2) is 32.3 Å². The summed E-state index contributed by atoms with van der Waals surface area (Å²) in [5.74, 6) is -0.804. The smallest absolute Gasteiger partial charge is 0.359 e. The Labute approximate surface area is 146 Å². The highest BCUT2D eigenvalue weighted by Crippen LogP contribution is 2.16. The minimum atomic E-state index is -0.597. The lowest BCUT2D eigenvalue weighted by Crippen LogP contribution is -2.15. The van der Waals surface area contributed by atoms with E-state index in [4.69, 9.17) is 4.74 Å². The van der Waals surface area contributed by atoms with E-state index in [0.717, 1.165) is 23.6 Å².